The Hall–Kier alpha value is -1.85. The predicted octanol–water partition coefficient (Wildman–Crippen LogP) is -0.879. The van der Waals surface area contributed by atoms with Crippen molar-refractivity contribution in [2.75, 3.05) is 0 Å². The van der Waals surface area contributed by atoms with Gasteiger partial charge in [-0.2, -0.15) is 5.10 Å². The van der Waals surface area contributed by atoms with E-state index in [0.29, 0.717) is 5.69 Å². The van der Waals surface area contributed by atoms with Crippen molar-refractivity contribution < 1.29 is 14.7 Å². The third-order valence-corrected chi connectivity index (χ3v) is 1.39. The zero-order valence-corrected chi connectivity index (χ0v) is 7.02. The van der Waals surface area contributed by atoms with Crippen molar-refractivity contribution in [1.29, 1.82) is 0 Å². The number of aromatic nitrogens is 2. The van der Waals surface area contributed by atoms with Gasteiger partial charge in [0.25, 0.3) is 0 Å². The molecule has 0 bridgehead atoms. The van der Waals surface area contributed by atoms with E-state index in [1.165, 1.54) is 0 Å². The van der Waals surface area contributed by atoms with Gasteiger partial charge in [-0.25, -0.2) is 4.79 Å². The second-order valence-corrected chi connectivity index (χ2v) is 2.47. The van der Waals surface area contributed by atoms with Crippen LogP contribution in [0.15, 0.2) is 12.3 Å². The van der Waals surface area contributed by atoms with Crippen LogP contribution >= 0.6 is 0 Å². The molecule has 0 saturated heterocycles. The van der Waals surface area contributed by atoms with Crippen LogP contribution in [-0.4, -0.2) is 26.8 Å². The van der Waals surface area contributed by atoms with Crippen molar-refractivity contribution in [1.82, 2.24) is 15.1 Å². The highest BCUT2D eigenvalue weighted by atomic mass is 16.4. The van der Waals surface area contributed by atoms with Gasteiger partial charge in [-0.05, 0) is 6.07 Å². The van der Waals surface area contributed by atoms with Crippen LogP contribution in [0, 0.1) is 0 Å². The summed E-state index contributed by atoms with van der Waals surface area (Å²) in [6, 6.07) is 1.70. The molecule has 0 spiro atoms. The summed E-state index contributed by atoms with van der Waals surface area (Å²) in [6.45, 7) is 0.131. The number of nitrogens with one attached hydrogen (secondary N) is 1. The van der Waals surface area contributed by atoms with Gasteiger partial charge in [0.05, 0.1) is 12.2 Å². The van der Waals surface area contributed by atoms with E-state index >= 15 is 0 Å². The van der Waals surface area contributed by atoms with E-state index in [0.717, 1.165) is 0 Å². The molecule has 13 heavy (non-hydrogen) atoms. The van der Waals surface area contributed by atoms with E-state index in [2.05, 4.69) is 10.4 Å². The number of hydrogen-bond donors (Lipinski definition) is 2. The summed E-state index contributed by atoms with van der Waals surface area (Å²) in [7, 11) is 1.74. The molecule has 1 rings (SSSR count). The molecule has 0 aliphatic rings. The number of carboxylic acids is 1. The minimum absolute atomic E-state index is 0.131. The molecule has 6 nitrogen and oxygen atoms in total. The number of aryl methyl sites for hydroxylation is 1. The van der Waals surface area contributed by atoms with E-state index in [-0.39, 0.29) is 6.54 Å². The molecular formula is C7H9N3O3. The van der Waals surface area contributed by atoms with Crippen LogP contribution in [0.2, 0.25) is 0 Å². The molecule has 0 atom stereocenters. The SMILES string of the molecule is Cn1ccc(CNC(=O)C(=O)O)n1. The van der Waals surface area contributed by atoms with Crippen molar-refractivity contribution >= 4 is 11.9 Å². The predicted molar refractivity (Wildman–Crippen MR) is 42.7 cm³/mol. The highest BCUT2D eigenvalue weighted by molar-refractivity contribution is 6.31. The van der Waals surface area contributed by atoms with Gasteiger partial charge < -0.3 is 10.4 Å². The average molecular weight is 183 g/mol. The zero-order valence-electron chi connectivity index (χ0n) is 7.02. The largest absolute Gasteiger partial charge is 0.474 e. The van der Waals surface area contributed by atoms with Gasteiger partial charge in [-0.1, -0.05) is 0 Å². The summed E-state index contributed by atoms with van der Waals surface area (Å²) < 4.78 is 1.57. The molecule has 0 unspecified atom stereocenters. The molecular weight excluding hydrogens is 174 g/mol. The van der Waals surface area contributed by atoms with Gasteiger partial charge in [0.1, 0.15) is 0 Å². The lowest BCUT2D eigenvalue weighted by Crippen LogP contribution is -2.30. The second kappa shape index (κ2) is 3.70. The number of hydrogen-bond acceptors (Lipinski definition) is 3. The average Bonchev–Trinajstić information content (AvgIpc) is 2.47. The molecule has 0 saturated carbocycles. The fourth-order valence-corrected chi connectivity index (χ4v) is 0.804. The maximum atomic E-state index is 10.6. The van der Waals surface area contributed by atoms with Gasteiger partial charge in [0.2, 0.25) is 0 Å². The standard InChI is InChI=1S/C7H9N3O3/c1-10-3-2-5(9-10)4-8-6(11)7(12)13/h2-3H,4H2,1H3,(H,8,11)(H,12,13). The molecule has 1 aromatic heterocycles. The summed E-state index contributed by atoms with van der Waals surface area (Å²) in [5, 5.41) is 14.4. The third kappa shape index (κ3) is 2.58. The molecule has 0 radical (unpaired) electrons. The highest BCUT2D eigenvalue weighted by Crippen LogP contribution is 1.92. The van der Waals surface area contributed by atoms with Crippen LogP contribution in [0.5, 0.6) is 0 Å². The third-order valence-electron chi connectivity index (χ3n) is 1.39. The van der Waals surface area contributed by atoms with Crippen LogP contribution in [0.25, 0.3) is 0 Å². The highest BCUT2D eigenvalue weighted by Gasteiger charge is 2.10. The molecule has 70 valence electrons. The van der Waals surface area contributed by atoms with Crippen molar-refractivity contribution in [3.8, 4) is 0 Å². The van der Waals surface area contributed by atoms with Crippen LogP contribution in [0.3, 0.4) is 0 Å². The summed E-state index contributed by atoms with van der Waals surface area (Å²) in [5.74, 6) is -2.51. The molecule has 0 aromatic carbocycles. The topological polar surface area (TPSA) is 84.2 Å². The lowest BCUT2D eigenvalue weighted by Gasteiger charge is -1.97. The smallest absolute Gasteiger partial charge is 0.394 e. The number of carboxylic acid groups (broad SMARTS) is 1. The van der Waals surface area contributed by atoms with Crippen molar-refractivity contribution in [3.05, 3.63) is 18.0 Å². The number of aliphatic carboxylic acids is 1. The van der Waals surface area contributed by atoms with Crippen LogP contribution in [0.1, 0.15) is 5.69 Å². The first-order valence-electron chi connectivity index (χ1n) is 3.59. The number of carbonyl (C=O) groups excluding carboxylic acids is 1. The Bertz CT molecular complexity index is 331. The maximum Gasteiger partial charge on any atom is 0.394 e. The Labute approximate surface area is 74.2 Å². The summed E-state index contributed by atoms with van der Waals surface area (Å²) in [4.78, 5) is 20.7. The fraction of sp³-hybridized carbons (Fsp3) is 0.286. The Balaban J connectivity index is 2.44. The summed E-state index contributed by atoms with van der Waals surface area (Å²) in [6.07, 6.45) is 1.71. The molecule has 1 amide bonds. The van der Waals surface area contributed by atoms with Crippen molar-refractivity contribution in [3.63, 3.8) is 0 Å². The Kier molecular flexibility index (Phi) is 2.63. The van der Waals surface area contributed by atoms with Gasteiger partial charge in [-0.15, -0.1) is 0 Å². The zero-order chi connectivity index (χ0) is 9.84. The Morgan fingerprint density at radius 2 is 2.38 bits per heavy atom. The van der Waals surface area contributed by atoms with E-state index in [1.807, 2.05) is 0 Å². The van der Waals surface area contributed by atoms with Gasteiger partial charge in [0, 0.05) is 13.2 Å². The molecule has 0 fully saturated rings. The van der Waals surface area contributed by atoms with E-state index < -0.39 is 11.9 Å². The van der Waals surface area contributed by atoms with E-state index in [9.17, 15) is 9.59 Å². The van der Waals surface area contributed by atoms with Gasteiger partial charge in [0.15, 0.2) is 0 Å². The molecule has 0 aliphatic heterocycles. The first-order chi connectivity index (χ1) is 6.09. The minimum Gasteiger partial charge on any atom is -0.474 e. The van der Waals surface area contributed by atoms with Crippen LogP contribution in [-0.2, 0) is 23.2 Å². The van der Waals surface area contributed by atoms with Crippen molar-refractivity contribution in [2.45, 2.75) is 6.54 Å². The molecule has 2 N–H and O–H groups in total. The molecule has 1 aromatic rings. The van der Waals surface area contributed by atoms with Crippen molar-refractivity contribution in [2.24, 2.45) is 7.05 Å². The lowest BCUT2D eigenvalue weighted by molar-refractivity contribution is -0.150. The first kappa shape index (κ1) is 9.24. The van der Waals surface area contributed by atoms with E-state index in [1.54, 1.807) is 24.0 Å². The number of nitrogens with zero attached hydrogens (tertiary/aromatic N) is 2. The lowest BCUT2D eigenvalue weighted by atomic mass is 10.4. The number of rotatable bonds is 2. The quantitative estimate of drug-likeness (QED) is 0.583. The maximum absolute atomic E-state index is 10.6. The monoisotopic (exact) mass is 183 g/mol. The fourth-order valence-electron chi connectivity index (χ4n) is 0.804. The van der Waals surface area contributed by atoms with E-state index in [4.69, 9.17) is 5.11 Å². The van der Waals surface area contributed by atoms with Crippen LogP contribution in [0.4, 0.5) is 0 Å². The molecule has 1 heterocycles. The Morgan fingerprint density at radius 3 is 2.85 bits per heavy atom. The number of carbonyl (C=O) groups is 2. The van der Waals surface area contributed by atoms with Gasteiger partial charge >= 0.3 is 11.9 Å². The first-order valence-corrected chi connectivity index (χ1v) is 3.59. The minimum atomic E-state index is -1.49. The second-order valence-electron chi connectivity index (χ2n) is 2.47. The van der Waals surface area contributed by atoms with Gasteiger partial charge in [-0.3, -0.25) is 9.48 Å². The summed E-state index contributed by atoms with van der Waals surface area (Å²) in [5.41, 5.74) is 0.622. The Morgan fingerprint density at radius 1 is 1.69 bits per heavy atom. The van der Waals surface area contributed by atoms with Crippen LogP contribution < -0.4 is 5.32 Å². The molecule has 6 heteroatoms. The molecule has 0 aliphatic carbocycles. The number of amides is 1. The normalized spacial score (nSPS) is 9.62. The summed E-state index contributed by atoms with van der Waals surface area (Å²) >= 11 is 0.